The quantitative estimate of drug-likeness (QED) is 0.490. The summed E-state index contributed by atoms with van der Waals surface area (Å²) in [5.74, 6) is 0. The molecule has 0 aromatic carbocycles. The molecule has 0 rings (SSSR count). The zero-order valence-corrected chi connectivity index (χ0v) is 8.73. The third-order valence-electron chi connectivity index (χ3n) is 0.834. The lowest BCUT2D eigenvalue weighted by molar-refractivity contribution is 0.334. The largest absolute Gasteiger partial charge is 0.527 e. The van der Waals surface area contributed by atoms with Gasteiger partial charge in [-0.2, -0.15) is 8.42 Å². The van der Waals surface area contributed by atoms with Crippen molar-refractivity contribution >= 4 is 18.1 Å². The van der Waals surface area contributed by atoms with E-state index in [1.54, 1.807) is 13.8 Å². The van der Waals surface area contributed by atoms with Crippen molar-refractivity contribution < 1.29 is 21.7 Å². The van der Waals surface area contributed by atoms with Crippen LogP contribution in [-0.4, -0.2) is 27.1 Å². The molecule has 0 saturated heterocycles. The van der Waals surface area contributed by atoms with Crippen molar-refractivity contribution in [2.45, 2.75) is 13.8 Å². The van der Waals surface area contributed by atoms with E-state index in [1.807, 2.05) is 0 Å². The van der Waals surface area contributed by atoms with Gasteiger partial charge in [0.05, 0.1) is 13.2 Å². The summed E-state index contributed by atoms with van der Waals surface area (Å²) in [4.78, 5) is 0. The van der Waals surface area contributed by atoms with Crippen LogP contribution in [-0.2, 0) is 23.4 Å². The Hall–Kier alpha value is -0.0300. The fraction of sp³-hybridized carbons (Fsp3) is 1.00. The number of hydrogen-bond donors (Lipinski definition) is 0. The van der Waals surface area contributed by atoms with E-state index >= 15 is 0 Å². The van der Waals surface area contributed by atoms with Gasteiger partial charge < -0.3 is 0 Å². The summed E-state index contributed by atoms with van der Waals surface area (Å²) in [5.41, 5.74) is -0.565. The lowest BCUT2D eigenvalue weighted by atomic mass is 10.9. The molecule has 0 spiro atoms. The number of hydrogen-bond acceptors (Lipinski definition) is 5. The average Bonchev–Trinajstić information content (AvgIpc) is 1.85. The predicted octanol–water partition coefficient (Wildman–Crippen LogP) is 1.09. The lowest BCUT2D eigenvalue weighted by Crippen LogP contribution is -2.08. The van der Waals surface area contributed by atoms with Gasteiger partial charge >= 0.3 is 23.6 Å². The molecule has 0 N–H and O–H groups in total. The Morgan fingerprint density at radius 1 is 1.25 bits per heavy atom. The van der Waals surface area contributed by atoms with E-state index in [1.165, 1.54) is 0 Å². The molecule has 1 atom stereocenters. The van der Waals surface area contributed by atoms with E-state index in [4.69, 9.17) is 0 Å². The van der Waals surface area contributed by atoms with Crippen molar-refractivity contribution in [3.63, 3.8) is 0 Å². The fourth-order valence-electron chi connectivity index (χ4n) is 0.527. The highest BCUT2D eigenvalue weighted by Gasteiger charge is 2.28. The molecule has 1 unspecified atom stereocenters. The topological polar surface area (TPSA) is 69.7 Å². The van der Waals surface area contributed by atoms with Crippen LogP contribution in [0.3, 0.4) is 0 Å². The maximum Gasteiger partial charge on any atom is 0.527 e. The van der Waals surface area contributed by atoms with Crippen LogP contribution in [0, 0.1) is 0 Å². The highest BCUT2D eigenvalue weighted by atomic mass is 32.2. The van der Waals surface area contributed by atoms with Crippen molar-refractivity contribution in [1.29, 1.82) is 0 Å². The van der Waals surface area contributed by atoms with E-state index in [2.05, 4.69) is 8.71 Å². The zero-order chi connectivity index (χ0) is 9.61. The molecule has 0 heterocycles. The maximum absolute atomic E-state index is 10.8. The van der Waals surface area contributed by atoms with Crippen LogP contribution >= 0.6 is 8.03 Å². The molecule has 0 amide bonds. The minimum atomic E-state index is -3.66. The van der Waals surface area contributed by atoms with Gasteiger partial charge in [-0.25, -0.2) is 0 Å². The molecule has 0 aliphatic rings. The Morgan fingerprint density at radius 3 is 2.25 bits per heavy atom. The average molecular weight is 215 g/mol. The number of rotatable bonds is 6. The van der Waals surface area contributed by atoms with Gasteiger partial charge in [-0.1, -0.05) is 0 Å². The maximum atomic E-state index is 10.8. The lowest BCUT2D eigenvalue weighted by Gasteiger charge is -1.94. The Balaban J connectivity index is 3.98. The van der Waals surface area contributed by atoms with Gasteiger partial charge in [0.15, 0.2) is 0 Å². The summed E-state index contributed by atoms with van der Waals surface area (Å²) in [6.07, 6.45) is 0. The van der Waals surface area contributed by atoms with Crippen LogP contribution in [0.25, 0.3) is 0 Å². The minimum absolute atomic E-state index is 0.0532. The summed E-state index contributed by atoms with van der Waals surface area (Å²) in [6, 6.07) is 0. The molecule has 72 valence electrons. The van der Waals surface area contributed by atoms with E-state index in [-0.39, 0.29) is 13.2 Å². The monoisotopic (exact) mass is 215 g/mol. The van der Waals surface area contributed by atoms with E-state index in [0.29, 0.717) is 0 Å². The smallest absolute Gasteiger partial charge is 0.267 e. The highest BCUT2D eigenvalue weighted by Crippen LogP contribution is 2.24. The Kier molecular flexibility index (Phi) is 5.57. The second-order valence-corrected chi connectivity index (χ2v) is 5.15. The van der Waals surface area contributed by atoms with Crippen LogP contribution in [0.1, 0.15) is 13.8 Å². The van der Waals surface area contributed by atoms with Crippen molar-refractivity contribution in [2.24, 2.45) is 0 Å². The molecule has 7 heteroatoms. The second kappa shape index (κ2) is 5.59. The Morgan fingerprint density at radius 2 is 1.83 bits per heavy atom. The normalized spacial score (nSPS) is 13.0. The van der Waals surface area contributed by atoms with E-state index < -0.39 is 23.6 Å². The molecule has 12 heavy (non-hydrogen) atoms. The van der Waals surface area contributed by atoms with Crippen LogP contribution in [0.5, 0.6) is 0 Å². The van der Waals surface area contributed by atoms with E-state index in [9.17, 15) is 13.0 Å². The molecule has 0 saturated carbocycles. The predicted molar refractivity (Wildman–Crippen MR) is 44.6 cm³/mol. The van der Waals surface area contributed by atoms with Crippen molar-refractivity contribution in [3.05, 3.63) is 0 Å². The summed E-state index contributed by atoms with van der Waals surface area (Å²) < 4.78 is 41.4. The van der Waals surface area contributed by atoms with Crippen LogP contribution in [0.15, 0.2) is 0 Å². The first-order chi connectivity index (χ1) is 5.52. The summed E-state index contributed by atoms with van der Waals surface area (Å²) >= 11 is 0. The van der Waals surface area contributed by atoms with Gasteiger partial charge in [0.1, 0.15) is 0 Å². The van der Waals surface area contributed by atoms with Crippen LogP contribution < -0.4 is 0 Å². The van der Waals surface area contributed by atoms with Crippen molar-refractivity contribution in [3.8, 4) is 0 Å². The first kappa shape index (κ1) is 12.0. The van der Waals surface area contributed by atoms with Gasteiger partial charge in [-0.05, 0) is 18.4 Å². The van der Waals surface area contributed by atoms with Gasteiger partial charge in [0, 0.05) is 0 Å². The molecule has 0 aliphatic heterocycles. The van der Waals surface area contributed by atoms with Gasteiger partial charge in [0.25, 0.3) is 0 Å². The first-order valence-electron chi connectivity index (χ1n) is 3.46. The third kappa shape index (κ3) is 5.60. The molecule has 0 fully saturated rings. The molecule has 0 aromatic heterocycles. The van der Waals surface area contributed by atoms with Crippen LogP contribution in [0.4, 0.5) is 0 Å². The van der Waals surface area contributed by atoms with Gasteiger partial charge in [-0.15, -0.1) is 4.52 Å². The summed E-state index contributed by atoms with van der Waals surface area (Å²) in [7, 11) is -5.80. The first-order valence-corrected chi connectivity index (χ1v) is 6.40. The van der Waals surface area contributed by atoms with Crippen molar-refractivity contribution in [1.82, 2.24) is 0 Å². The minimum Gasteiger partial charge on any atom is -0.267 e. The molecule has 0 radical (unpaired) electrons. The molecule has 0 bridgehead atoms. The van der Waals surface area contributed by atoms with Gasteiger partial charge in [-0.3, -0.25) is 4.18 Å². The third-order valence-corrected chi connectivity index (χ3v) is 4.08. The Bertz CT molecular complexity index is 234. The summed E-state index contributed by atoms with van der Waals surface area (Å²) in [5, 5.41) is 0. The second-order valence-electron chi connectivity index (χ2n) is 1.84. The van der Waals surface area contributed by atoms with Gasteiger partial charge in [0.2, 0.25) is 0 Å². The van der Waals surface area contributed by atoms with Crippen molar-refractivity contribution in [2.75, 3.05) is 18.7 Å². The molecule has 5 nitrogen and oxygen atoms in total. The van der Waals surface area contributed by atoms with Crippen LogP contribution in [0.2, 0.25) is 0 Å². The summed E-state index contributed by atoms with van der Waals surface area (Å²) in [6.45, 7) is 3.47. The van der Waals surface area contributed by atoms with E-state index in [0.717, 1.165) is 0 Å². The molecule has 0 aromatic rings. The molecular weight excluding hydrogens is 203 g/mol. The Labute approximate surface area is 73.1 Å². The highest BCUT2D eigenvalue weighted by molar-refractivity contribution is 7.92. The zero-order valence-electron chi connectivity index (χ0n) is 7.02. The standard InChI is InChI=1S/C5H12O5PS/c1-3-9-11(6)5-12(7,8)10-4-2/h3-5H2,1-2H3/q+1. The molecular formula is C5H12O5PS+. The fourth-order valence-corrected chi connectivity index (χ4v) is 2.80. The SMILES string of the molecule is CCO[P+](=O)CS(=O)(=O)OCC. The molecule has 0 aliphatic carbocycles.